The van der Waals surface area contributed by atoms with E-state index in [-0.39, 0.29) is 12.6 Å². The maximum atomic E-state index is 12.5. The number of ether oxygens (including phenoxy) is 1. The second kappa shape index (κ2) is 9.08. The lowest BCUT2D eigenvalue weighted by Gasteiger charge is -2.18. The molecule has 0 unspecified atom stereocenters. The first-order valence-electron chi connectivity index (χ1n) is 8.63. The topological polar surface area (TPSA) is 41.6 Å². The van der Waals surface area contributed by atoms with Crippen LogP contribution in [0.4, 0.5) is 18.0 Å². The third-order valence-corrected chi connectivity index (χ3v) is 4.30. The molecule has 7 heteroatoms. The summed E-state index contributed by atoms with van der Waals surface area (Å²) in [7, 11) is 1.62. The molecule has 1 fully saturated rings. The van der Waals surface area contributed by atoms with Gasteiger partial charge in [0.05, 0.1) is 11.7 Å². The highest BCUT2D eigenvalue weighted by atomic mass is 19.4. The molecule has 1 N–H and O–H groups in total. The van der Waals surface area contributed by atoms with E-state index in [4.69, 9.17) is 4.74 Å². The van der Waals surface area contributed by atoms with Crippen LogP contribution in [0.25, 0.3) is 0 Å². The number of amides is 2. The average Bonchev–Trinajstić information content (AvgIpc) is 3.07. The van der Waals surface area contributed by atoms with Gasteiger partial charge in [0.25, 0.3) is 0 Å². The molecule has 0 aliphatic carbocycles. The third-order valence-electron chi connectivity index (χ3n) is 4.30. The van der Waals surface area contributed by atoms with E-state index in [0.717, 1.165) is 50.8 Å². The number of nitrogens with one attached hydrogen (secondary N) is 1. The largest absolute Gasteiger partial charge is 0.416 e. The van der Waals surface area contributed by atoms with Crippen LogP contribution in [0.15, 0.2) is 24.3 Å². The van der Waals surface area contributed by atoms with Crippen molar-refractivity contribution in [3.05, 3.63) is 35.4 Å². The zero-order valence-electron chi connectivity index (χ0n) is 14.4. The van der Waals surface area contributed by atoms with Crippen LogP contribution < -0.4 is 5.32 Å². The molecule has 0 aromatic heterocycles. The van der Waals surface area contributed by atoms with Gasteiger partial charge in [-0.05, 0) is 49.8 Å². The van der Waals surface area contributed by atoms with Crippen molar-refractivity contribution >= 4 is 6.03 Å². The smallest absolute Gasteiger partial charge is 0.378 e. The zero-order valence-corrected chi connectivity index (χ0v) is 14.4. The molecule has 0 spiro atoms. The van der Waals surface area contributed by atoms with Gasteiger partial charge in [0, 0.05) is 26.7 Å². The molecule has 140 valence electrons. The van der Waals surface area contributed by atoms with Gasteiger partial charge in [-0.3, -0.25) is 0 Å². The van der Waals surface area contributed by atoms with Crippen LogP contribution in [0.1, 0.15) is 43.2 Å². The second-order valence-corrected chi connectivity index (χ2v) is 6.41. The first kappa shape index (κ1) is 19.6. The standard InChI is InChI=1S/C18H25F3N2O2/c1-23(13-14-7-9-15(10-8-14)18(19,20)21)17(24)22-11-3-2-5-16-6-4-12-25-16/h7-10,16H,2-6,11-13H2,1H3,(H,22,24)/t16-/m1/s1. The molecule has 1 aromatic carbocycles. The Morgan fingerprint density at radius 2 is 2.00 bits per heavy atom. The summed E-state index contributed by atoms with van der Waals surface area (Å²) in [5.41, 5.74) is -0.0290. The van der Waals surface area contributed by atoms with E-state index < -0.39 is 11.7 Å². The summed E-state index contributed by atoms with van der Waals surface area (Å²) in [5.74, 6) is 0. The number of alkyl halides is 3. The van der Waals surface area contributed by atoms with E-state index in [0.29, 0.717) is 18.2 Å². The van der Waals surface area contributed by atoms with Gasteiger partial charge in [-0.2, -0.15) is 13.2 Å². The van der Waals surface area contributed by atoms with Crippen LogP contribution in [0.3, 0.4) is 0 Å². The van der Waals surface area contributed by atoms with E-state index in [9.17, 15) is 18.0 Å². The third kappa shape index (κ3) is 6.57. The van der Waals surface area contributed by atoms with Crippen LogP contribution in [-0.4, -0.2) is 37.2 Å². The van der Waals surface area contributed by atoms with Gasteiger partial charge in [-0.15, -0.1) is 0 Å². The van der Waals surface area contributed by atoms with E-state index in [2.05, 4.69) is 5.32 Å². The molecule has 1 aliphatic heterocycles. The van der Waals surface area contributed by atoms with Crippen LogP contribution in [-0.2, 0) is 17.5 Å². The minimum Gasteiger partial charge on any atom is -0.378 e. The quantitative estimate of drug-likeness (QED) is 0.743. The molecule has 2 rings (SSSR count). The lowest BCUT2D eigenvalue weighted by Crippen LogP contribution is -2.37. The first-order chi connectivity index (χ1) is 11.9. The number of carbonyl (C=O) groups excluding carboxylic acids is 1. The molecule has 4 nitrogen and oxygen atoms in total. The Bertz CT molecular complexity index is 540. The average molecular weight is 358 g/mol. The molecule has 0 radical (unpaired) electrons. The Hall–Kier alpha value is -1.76. The molecular formula is C18H25F3N2O2. The summed E-state index contributed by atoms with van der Waals surface area (Å²) < 4.78 is 43.1. The van der Waals surface area contributed by atoms with Crippen LogP contribution in [0.2, 0.25) is 0 Å². The minimum atomic E-state index is -4.34. The van der Waals surface area contributed by atoms with Gasteiger partial charge in [-0.25, -0.2) is 4.79 Å². The molecule has 1 aliphatic rings. The molecular weight excluding hydrogens is 333 g/mol. The maximum Gasteiger partial charge on any atom is 0.416 e. The fourth-order valence-electron chi connectivity index (χ4n) is 2.84. The van der Waals surface area contributed by atoms with Gasteiger partial charge < -0.3 is 15.0 Å². The summed E-state index contributed by atoms with van der Waals surface area (Å²) in [4.78, 5) is 13.5. The highest BCUT2D eigenvalue weighted by molar-refractivity contribution is 5.73. The number of urea groups is 1. The van der Waals surface area contributed by atoms with Crippen molar-refractivity contribution in [2.24, 2.45) is 0 Å². The Morgan fingerprint density at radius 1 is 1.28 bits per heavy atom. The molecule has 1 aromatic rings. The number of unbranched alkanes of at least 4 members (excludes halogenated alkanes) is 1. The minimum absolute atomic E-state index is 0.225. The van der Waals surface area contributed by atoms with E-state index in [1.54, 1.807) is 7.05 Å². The normalized spacial score (nSPS) is 17.5. The summed E-state index contributed by atoms with van der Waals surface area (Å²) in [6, 6.07) is 4.64. The Kier molecular flexibility index (Phi) is 7.11. The number of carbonyl (C=O) groups is 1. The molecule has 1 atom stereocenters. The molecule has 25 heavy (non-hydrogen) atoms. The Labute approximate surface area is 146 Å². The fourth-order valence-corrected chi connectivity index (χ4v) is 2.84. The van der Waals surface area contributed by atoms with Crippen LogP contribution in [0, 0.1) is 0 Å². The predicted octanol–water partition coefficient (Wildman–Crippen LogP) is 4.20. The van der Waals surface area contributed by atoms with Crippen LogP contribution in [0.5, 0.6) is 0 Å². The first-order valence-corrected chi connectivity index (χ1v) is 8.63. The lowest BCUT2D eigenvalue weighted by molar-refractivity contribution is -0.137. The number of hydrogen-bond acceptors (Lipinski definition) is 2. The van der Waals surface area contributed by atoms with Gasteiger partial charge in [0.15, 0.2) is 0 Å². The van der Waals surface area contributed by atoms with Crippen molar-refractivity contribution in [1.82, 2.24) is 10.2 Å². The fraction of sp³-hybridized carbons (Fsp3) is 0.611. The van der Waals surface area contributed by atoms with Gasteiger partial charge in [0.1, 0.15) is 0 Å². The predicted molar refractivity (Wildman–Crippen MR) is 89.1 cm³/mol. The number of nitrogens with zero attached hydrogens (tertiary/aromatic N) is 1. The van der Waals surface area contributed by atoms with E-state index in [1.165, 1.54) is 17.0 Å². The SMILES string of the molecule is CN(Cc1ccc(C(F)(F)F)cc1)C(=O)NCCCC[C@@H]1CCCO1. The monoisotopic (exact) mass is 358 g/mol. The summed E-state index contributed by atoms with van der Waals surface area (Å²) in [6.45, 7) is 1.71. The van der Waals surface area contributed by atoms with Gasteiger partial charge >= 0.3 is 12.2 Å². The van der Waals surface area contributed by atoms with Crippen molar-refractivity contribution in [3.63, 3.8) is 0 Å². The lowest BCUT2D eigenvalue weighted by atomic mass is 10.1. The highest BCUT2D eigenvalue weighted by Gasteiger charge is 2.29. The number of benzene rings is 1. The van der Waals surface area contributed by atoms with Crippen LogP contribution >= 0.6 is 0 Å². The van der Waals surface area contributed by atoms with E-state index >= 15 is 0 Å². The van der Waals surface area contributed by atoms with Crippen molar-refractivity contribution < 1.29 is 22.7 Å². The van der Waals surface area contributed by atoms with E-state index in [1.807, 2.05) is 0 Å². The number of halogens is 3. The highest BCUT2D eigenvalue weighted by Crippen LogP contribution is 2.29. The van der Waals surface area contributed by atoms with Crippen molar-refractivity contribution in [2.45, 2.75) is 50.9 Å². The number of rotatable bonds is 7. The molecule has 0 bridgehead atoms. The molecule has 0 saturated carbocycles. The Morgan fingerprint density at radius 3 is 2.60 bits per heavy atom. The van der Waals surface area contributed by atoms with Crippen molar-refractivity contribution in [1.29, 1.82) is 0 Å². The summed E-state index contributed by atoms with van der Waals surface area (Å²) in [6.07, 6.45) is 1.21. The maximum absolute atomic E-state index is 12.5. The molecule has 1 heterocycles. The molecule has 1 saturated heterocycles. The second-order valence-electron chi connectivity index (χ2n) is 6.41. The van der Waals surface area contributed by atoms with Gasteiger partial charge in [-0.1, -0.05) is 12.1 Å². The van der Waals surface area contributed by atoms with Crippen molar-refractivity contribution in [2.75, 3.05) is 20.2 Å². The molecule has 2 amide bonds. The summed E-state index contributed by atoms with van der Waals surface area (Å²) >= 11 is 0. The Balaban J connectivity index is 1.65. The number of hydrogen-bond donors (Lipinski definition) is 1. The van der Waals surface area contributed by atoms with Gasteiger partial charge in [0.2, 0.25) is 0 Å². The zero-order chi connectivity index (χ0) is 18.3. The van der Waals surface area contributed by atoms with Crippen molar-refractivity contribution in [3.8, 4) is 0 Å². The summed E-state index contributed by atoms with van der Waals surface area (Å²) in [5, 5.41) is 2.83.